The van der Waals surface area contributed by atoms with Crippen LogP contribution in [-0.2, 0) is 11.3 Å². The average Bonchev–Trinajstić information content (AvgIpc) is 2.66. The van der Waals surface area contributed by atoms with Gasteiger partial charge in [0.25, 0.3) is 0 Å². The zero-order valence-electron chi connectivity index (χ0n) is 14.0. The molecule has 0 spiro atoms. The van der Waals surface area contributed by atoms with E-state index < -0.39 is 0 Å². The fraction of sp³-hybridized carbons (Fsp3) is 0.167. The van der Waals surface area contributed by atoms with E-state index in [1.54, 1.807) is 18.5 Å². The molecule has 2 heterocycles. The number of nitrogens with zero attached hydrogens (tertiary/aromatic N) is 2. The minimum atomic E-state index is 0.352. The van der Waals surface area contributed by atoms with Gasteiger partial charge in [-0.2, -0.15) is 0 Å². The van der Waals surface area contributed by atoms with Crippen molar-refractivity contribution in [1.82, 2.24) is 15.3 Å². The first-order chi connectivity index (χ1) is 12.6. The van der Waals surface area contributed by atoms with Crippen molar-refractivity contribution in [2.45, 2.75) is 6.54 Å². The SMILES string of the molecule is COc1cc(OC)c(Cl)c(-c2cc3cnc(CNC=O)cc3cn2)c1Cl. The molecule has 0 unspecified atom stereocenters. The van der Waals surface area contributed by atoms with Crippen LogP contribution >= 0.6 is 23.2 Å². The monoisotopic (exact) mass is 391 g/mol. The number of fused-ring (bicyclic) bond motifs is 1. The zero-order chi connectivity index (χ0) is 18.7. The molecule has 0 radical (unpaired) electrons. The van der Waals surface area contributed by atoms with Gasteiger partial charge in [0.2, 0.25) is 6.41 Å². The molecular formula is C18H15Cl2N3O3. The first kappa shape index (κ1) is 18.2. The Morgan fingerprint density at radius 1 is 1.00 bits per heavy atom. The molecule has 3 aromatic rings. The third-order valence-electron chi connectivity index (χ3n) is 3.86. The Kier molecular flexibility index (Phi) is 5.44. The lowest BCUT2D eigenvalue weighted by atomic mass is 10.1. The van der Waals surface area contributed by atoms with E-state index in [-0.39, 0.29) is 0 Å². The van der Waals surface area contributed by atoms with Gasteiger partial charge in [0.15, 0.2) is 0 Å². The summed E-state index contributed by atoms with van der Waals surface area (Å²) in [6.07, 6.45) is 4.05. The number of nitrogens with one attached hydrogen (secondary N) is 1. The molecule has 3 rings (SSSR count). The summed E-state index contributed by atoms with van der Waals surface area (Å²) in [5, 5.41) is 5.03. The average molecular weight is 392 g/mol. The number of benzene rings is 1. The van der Waals surface area contributed by atoms with Gasteiger partial charge in [-0.3, -0.25) is 14.8 Å². The van der Waals surface area contributed by atoms with Crippen LogP contribution in [0.2, 0.25) is 10.0 Å². The smallest absolute Gasteiger partial charge is 0.207 e. The fourth-order valence-electron chi connectivity index (χ4n) is 2.57. The first-order valence-electron chi connectivity index (χ1n) is 7.61. The largest absolute Gasteiger partial charge is 0.495 e. The molecule has 0 atom stereocenters. The molecule has 0 saturated heterocycles. The lowest BCUT2D eigenvalue weighted by Gasteiger charge is -2.14. The second kappa shape index (κ2) is 7.76. The van der Waals surface area contributed by atoms with E-state index in [1.807, 2.05) is 12.1 Å². The number of rotatable bonds is 6. The highest BCUT2D eigenvalue weighted by atomic mass is 35.5. The fourth-order valence-corrected chi connectivity index (χ4v) is 3.27. The standard InChI is InChI=1S/C18H15Cl2N3O3/c1-25-14-5-15(26-2)18(20)16(17(14)19)13-4-11-6-22-12(8-21-9-24)3-10(11)7-23-13/h3-7,9H,8H2,1-2H3,(H,21,24). The molecule has 0 aliphatic rings. The Labute approximate surface area is 160 Å². The van der Waals surface area contributed by atoms with E-state index in [0.717, 1.165) is 16.5 Å². The minimum Gasteiger partial charge on any atom is -0.495 e. The summed E-state index contributed by atoms with van der Waals surface area (Å²) < 4.78 is 10.6. The molecule has 134 valence electrons. The number of hydrogen-bond acceptors (Lipinski definition) is 5. The molecule has 1 N–H and O–H groups in total. The second-order valence-electron chi connectivity index (χ2n) is 5.38. The summed E-state index contributed by atoms with van der Waals surface area (Å²) in [5.41, 5.74) is 1.83. The quantitative estimate of drug-likeness (QED) is 0.645. The van der Waals surface area contributed by atoms with Gasteiger partial charge in [-0.25, -0.2) is 0 Å². The van der Waals surface area contributed by atoms with E-state index in [9.17, 15) is 4.79 Å². The Hall–Kier alpha value is -2.57. The second-order valence-corrected chi connectivity index (χ2v) is 6.13. The molecule has 0 aliphatic heterocycles. The molecule has 2 aromatic heterocycles. The number of amides is 1. The van der Waals surface area contributed by atoms with Crippen LogP contribution in [0.4, 0.5) is 0 Å². The zero-order valence-corrected chi connectivity index (χ0v) is 15.6. The Balaban J connectivity index is 2.12. The van der Waals surface area contributed by atoms with Crippen LogP contribution in [0.25, 0.3) is 22.0 Å². The van der Waals surface area contributed by atoms with Gasteiger partial charge in [0, 0.05) is 34.8 Å². The number of carbonyl (C=O) groups is 1. The highest BCUT2D eigenvalue weighted by Gasteiger charge is 2.19. The van der Waals surface area contributed by atoms with E-state index in [1.165, 1.54) is 14.2 Å². The van der Waals surface area contributed by atoms with Crippen molar-refractivity contribution in [1.29, 1.82) is 0 Å². The van der Waals surface area contributed by atoms with Crippen LogP contribution in [0.3, 0.4) is 0 Å². The Morgan fingerprint density at radius 2 is 1.62 bits per heavy atom. The summed E-state index contributed by atoms with van der Waals surface area (Å²) in [6, 6.07) is 5.33. The molecule has 26 heavy (non-hydrogen) atoms. The summed E-state index contributed by atoms with van der Waals surface area (Å²) in [7, 11) is 3.04. The molecule has 6 nitrogen and oxygen atoms in total. The maximum absolute atomic E-state index is 10.4. The molecule has 0 saturated carbocycles. The Morgan fingerprint density at radius 3 is 2.23 bits per heavy atom. The number of pyridine rings is 2. The first-order valence-corrected chi connectivity index (χ1v) is 8.36. The molecule has 0 aliphatic carbocycles. The topological polar surface area (TPSA) is 73.3 Å². The van der Waals surface area contributed by atoms with Gasteiger partial charge >= 0.3 is 0 Å². The lowest BCUT2D eigenvalue weighted by molar-refractivity contribution is -0.109. The van der Waals surface area contributed by atoms with E-state index in [0.29, 0.717) is 45.8 Å². The van der Waals surface area contributed by atoms with Crippen molar-refractivity contribution in [3.8, 4) is 22.8 Å². The van der Waals surface area contributed by atoms with Crippen LogP contribution < -0.4 is 14.8 Å². The summed E-state index contributed by atoms with van der Waals surface area (Å²) in [5.74, 6) is 0.886. The van der Waals surface area contributed by atoms with Crippen molar-refractivity contribution in [2.24, 2.45) is 0 Å². The number of carbonyl (C=O) groups excluding carboxylic acids is 1. The lowest BCUT2D eigenvalue weighted by Crippen LogP contribution is -2.10. The van der Waals surface area contributed by atoms with Gasteiger partial charge in [-0.05, 0) is 12.1 Å². The van der Waals surface area contributed by atoms with Crippen LogP contribution in [-0.4, -0.2) is 30.6 Å². The molecule has 0 bridgehead atoms. The van der Waals surface area contributed by atoms with Crippen molar-refractivity contribution < 1.29 is 14.3 Å². The summed E-state index contributed by atoms with van der Waals surface area (Å²) in [4.78, 5) is 19.2. The third-order valence-corrected chi connectivity index (χ3v) is 4.61. The van der Waals surface area contributed by atoms with E-state index >= 15 is 0 Å². The highest BCUT2D eigenvalue weighted by molar-refractivity contribution is 6.41. The molecule has 1 aromatic carbocycles. The molecule has 1 amide bonds. The van der Waals surface area contributed by atoms with Gasteiger partial charge in [0.05, 0.1) is 42.2 Å². The van der Waals surface area contributed by atoms with Gasteiger partial charge in [-0.1, -0.05) is 23.2 Å². The predicted octanol–water partition coefficient (Wildman–Crippen LogP) is 3.87. The number of halogens is 2. The highest BCUT2D eigenvalue weighted by Crippen LogP contribution is 2.45. The van der Waals surface area contributed by atoms with Crippen molar-refractivity contribution in [3.63, 3.8) is 0 Å². The number of ether oxygens (including phenoxy) is 2. The maximum atomic E-state index is 10.4. The van der Waals surface area contributed by atoms with Crippen molar-refractivity contribution >= 4 is 40.4 Å². The van der Waals surface area contributed by atoms with Crippen LogP contribution in [0.1, 0.15) is 5.69 Å². The number of hydrogen-bond donors (Lipinski definition) is 1. The summed E-state index contributed by atoms with van der Waals surface area (Å²) in [6.45, 7) is 0.353. The Bertz CT molecular complexity index is 951. The summed E-state index contributed by atoms with van der Waals surface area (Å²) >= 11 is 12.9. The maximum Gasteiger partial charge on any atom is 0.207 e. The molecule has 8 heteroatoms. The van der Waals surface area contributed by atoms with Crippen molar-refractivity contribution in [2.75, 3.05) is 14.2 Å². The number of aromatic nitrogens is 2. The van der Waals surface area contributed by atoms with Gasteiger partial charge in [-0.15, -0.1) is 0 Å². The van der Waals surface area contributed by atoms with Crippen LogP contribution in [0.15, 0.2) is 30.6 Å². The normalized spacial score (nSPS) is 10.6. The van der Waals surface area contributed by atoms with Crippen LogP contribution in [0, 0.1) is 0 Å². The minimum absolute atomic E-state index is 0.352. The van der Waals surface area contributed by atoms with Crippen LogP contribution in [0.5, 0.6) is 11.5 Å². The molecule has 0 fully saturated rings. The predicted molar refractivity (Wildman–Crippen MR) is 101 cm³/mol. The van der Waals surface area contributed by atoms with E-state index in [4.69, 9.17) is 32.7 Å². The number of methoxy groups -OCH3 is 2. The van der Waals surface area contributed by atoms with Crippen molar-refractivity contribution in [3.05, 3.63) is 46.3 Å². The molecular weight excluding hydrogens is 377 g/mol. The van der Waals surface area contributed by atoms with E-state index in [2.05, 4.69) is 15.3 Å². The third kappa shape index (κ3) is 3.38. The van der Waals surface area contributed by atoms with Gasteiger partial charge < -0.3 is 14.8 Å². The van der Waals surface area contributed by atoms with Gasteiger partial charge in [0.1, 0.15) is 11.5 Å².